The Morgan fingerprint density at radius 1 is 1.02 bits per heavy atom. The molecular formula is C30H34ClN3O6. The molecule has 40 heavy (non-hydrogen) atoms. The number of aromatic nitrogens is 1. The molecule has 0 aliphatic rings. The number of nitrogens with one attached hydrogen (secondary N) is 2. The van der Waals surface area contributed by atoms with Gasteiger partial charge in [0.25, 0.3) is 11.5 Å². The number of pyridine rings is 1. The van der Waals surface area contributed by atoms with E-state index in [0.29, 0.717) is 33.0 Å². The molecule has 10 heteroatoms. The molecule has 2 aromatic carbocycles. The predicted molar refractivity (Wildman–Crippen MR) is 156 cm³/mol. The van der Waals surface area contributed by atoms with E-state index in [-0.39, 0.29) is 30.5 Å². The Labute approximate surface area is 238 Å². The molecule has 0 saturated heterocycles. The molecule has 0 spiro atoms. The monoisotopic (exact) mass is 567 g/mol. The van der Waals surface area contributed by atoms with E-state index in [2.05, 4.69) is 10.6 Å². The van der Waals surface area contributed by atoms with Crippen LogP contribution in [0.2, 0.25) is 5.02 Å². The molecule has 0 bridgehead atoms. The number of hydrogen-bond donors (Lipinski definition) is 2. The molecule has 2 amide bonds. The molecule has 1 aromatic heterocycles. The lowest BCUT2D eigenvalue weighted by atomic mass is 9.97. The summed E-state index contributed by atoms with van der Waals surface area (Å²) in [6.45, 7) is 7.33. The summed E-state index contributed by atoms with van der Waals surface area (Å²) in [5, 5.41) is 5.77. The summed E-state index contributed by atoms with van der Waals surface area (Å²) in [6.07, 6.45) is 1.65. The van der Waals surface area contributed by atoms with E-state index in [1.807, 2.05) is 20.8 Å². The van der Waals surface area contributed by atoms with Gasteiger partial charge in [0.05, 0.1) is 18.9 Å². The number of anilines is 1. The molecule has 1 heterocycles. The Bertz CT molecular complexity index is 1460. The number of ketones is 1. The zero-order valence-electron chi connectivity index (χ0n) is 23.5. The van der Waals surface area contributed by atoms with E-state index in [4.69, 9.17) is 21.1 Å². The number of ether oxygens (including phenoxy) is 2. The Morgan fingerprint density at radius 2 is 1.70 bits per heavy atom. The Kier molecular flexibility index (Phi) is 9.89. The second-order valence-electron chi connectivity index (χ2n) is 10.2. The van der Waals surface area contributed by atoms with E-state index in [0.717, 1.165) is 0 Å². The third-order valence-electron chi connectivity index (χ3n) is 6.12. The molecule has 212 valence electrons. The fourth-order valence-electron chi connectivity index (χ4n) is 4.14. The van der Waals surface area contributed by atoms with Crippen molar-refractivity contribution in [2.75, 3.05) is 26.1 Å². The molecule has 0 fully saturated rings. The van der Waals surface area contributed by atoms with E-state index in [1.165, 1.54) is 37.9 Å². The quantitative estimate of drug-likeness (QED) is 0.328. The number of methoxy groups -OCH3 is 1. The zero-order valence-corrected chi connectivity index (χ0v) is 24.2. The molecular weight excluding hydrogens is 534 g/mol. The van der Waals surface area contributed by atoms with Crippen LogP contribution in [0.1, 0.15) is 60.9 Å². The van der Waals surface area contributed by atoms with Gasteiger partial charge in [-0.2, -0.15) is 0 Å². The second kappa shape index (κ2) is 12.9. The van der Waals surface area contributed by atoms with Crippen molar-refractivity contribution in [2.24, 2.45) is 0 Å². The maximum atomic E-state index is 13.5. The van der Waals surface area contributed by atoms with Gasteiger partial charge in [0.1, 0.15) is 11.8 Å². The number of rotatable bonds is 10. The van der Waals surface area contributed by atoms with Gasteiger partial charge in [-0.3, -0.25) is 23.7 Å². The first-order valence-electron chi connectivity index (χ1n) is 12.7. The molecule has 2 N–H and O–H groups in total. The Balaban J connectivity index is 2.04. The van der Waals surface area contributed by atoms with Crippen LogP contribution in [0.25, 0.3) is 11.1 Å². The van der Waals surface area contributed by atoms with E-state index < -0.39 is 23.1 Å². The fourth-order valence-corrected chi connectivity index (χ4v) is 4.31. The number of benzene rings is 2. The van der Waals surface area contributed by atoms with Crippen molar-refractivity contribution in [1.29, 1.82) is 0 Å². The number of carbonyl (C=O) groups excluding carboxylic acids is 3. The van der Waals surface area contributed by atoms with Gasteiger partial charge in [-0.15, -0.1) is 0 Å². The summed E-state index contributed by atoms with van der Waals surface area (Å²) < 4.78 is 12.8. The van der Waals surface area contributed by atoms with Gasteiger partial charge in [-0.1, -0.05) is 11.6 Å². The Morgan fingerprint density at radius 3 is 2.27 bits per heavy atom. The summed E-state index contributed by atoms with van der Waals surface area (Å²) >= 11 is 6.21. The largest absolute Gasteiger partial charge is 0.495 e. The average molecular weight is 568 g/mol. The number of hydrogen-bond acceptors (Lipinski definition) is 6. The van der Waals surface area contributed by atoms with Crippen LogP contribution >= 0.6 is 11.6 Å². The van der Waals surface area contributed by atoms with Crippen molar-refractivity contribution < 1.29 is 23.9 Å². The first-order valence-corrected chi connectivity index (χ1v) is 13.1. The van der Waals surface area contributed by atoms with Crippen molar-refractivity contribution in [2.45, 2.75) is 45.8 Å². The number of amides is 2. The zero-order chi connectivity index (χ0) is 29.6. The normalized spacial score (nSPS) is 12.0. The van der Waals surface area contributed by atoms with Crippen molar-refractivity contribution >= 4 is 34.9 Å². The predicted octanol–water partition coefficient (Wildman–Crippen LogP) is 5.12. The SMILES string of the molecule is CNC(=O)c1ccc(NC(=O)C(CCOC(C)(C)C)n2cc(OC)c(-c3cc(Cl)ccc3C(C)=O)cc2=O)cc1. The molecule has 9 nitrogen and oxygen atoms in total. The molecule has 3 aromatic rings. The van der Waals surface area contributed by atoms with Crippen LogP contribution in [0.4, 0.5) is 5.69 Å². The van der Waals surface area contributed by atoms with Gasteiger partial charge in [0.15, 0.2) is 5.78 Å². The van der Waals surface area contributed by atoms with Crippen molar-refractivity contribution in [3.8, 4) is 16.9 Å². The Hall–Kier alpha value is -3.95. The molecule has 1 atom stereocenters. The van der Waals surface area contributed by atoms with Crippen LogP contribution < -0.4 is 20.9 Å². The van der Waals surface area contributed by atoms with Crippen LogP contribution in [-0.2, 0) is 9.53 Å². The van der Waals surface area contributed by atoms with Gasteiger partial charge in [0.2, 0.25) is 5.91 Å². The van der Waals surface area contributed by atoms with Crippen molar-refractivity contribution in [3.63, 3.8) is 0 Å². The standard InChI is InChI=1S/C30H34ClN3O6/c1-18(35)22-12-9-20(31)15-23(22)24-16-27(36)34(17-26(24)39-6)25(13-14-40-30(2,3)4)29(38)33-21-10-7-19(8-11-21)28(37)32-5/h7-12,15-17,25H,13-14H2,1-6H3,(H,32,37)(H,33,38). The molecule has 0 aliphatic carbocycles. The summed E-state index contributed by atoms with van der Waals surface area (Å²) in [7, 11) is 2.98. The van der Waals surface area contributed by atoms with Crippen molar-refractivity contribution in [1.82, 2.24) is 9.88 Å². The van der Waals surface area contributed by atoms with Crippen LogP contribution in [0.15, 0.2) is 59.5 Å². The second-order valence-corrected chi connectivity index (χ2v) is 10.6. The lowest BCUT2D eigenvalue weighted by Gasteiger charge is -2.24. The molecule has 0 saturated carbocycles. The highest BCUT2D eigenvalue weighted by Crippen LogP contribution is 2.34. The number of halogens is 1. The summed E-state index contributed by atoms with van der Waals surface area (Å²) in [5.41, 5.74) is 1.20. The van der Waals surface area contributed by atoms with E-state index in [9.17, 15) is 19.2 Å². The maximum absolute atomic E-state index is 13.5. The molecule has 0 aliphatic heterocycles. The van der Waals surface area contributed by atoms with Gasteiger partial charge in [-0.25, -0.2) is 0 Å². The van der Waals surface area contributed by atoms with Crippen LogP contribution in [-0.4, -0.2) is 48.5 Å². The number of Topliss-reactive ketones (excluding diaryl/α,β-unsaturated/α-hetero) is 1. The number of carbonyl (C=O) groups is 3. The third kappa shape index (κ3) is 7.58. The van der Waals surface area contributed by atoms with Gasteiger partial charge < -0.3 is 20.1 Å². The highest BCUT2D eigenvalue weighted by Gasteiger charge is 2.25. The first kappa shape index (κ1) is 30.6. The molecule has 0 radical (unpaired) electrons. The van der Waals surface area contributed by atoms with Crippen LogP contribution in [0, 0.1) is 0 Å². The minimum absolute atomic E-state index is 0.192. The van der Waals surface area contributed by atoms with Gasteiger partial charge in [-0.05, 0) is 75.7 Å². The molecule has 3 rings (SSSR count). The smallest absolute Gasteiger partial charge is 0.252 e. The summed E-state index contributed by atoms with van der Waals surface area (Å²) in [4.78, 5) is 51.2. The summed E-state index contributed by atoms with van der Waals surface area (Å²) in [5.74, 6) is -0.610. The minimum atomic E-state index is -0.956. The van der Waals surface area contributed by atoms with Crippen LogP contribution in [0.3, 0.4) is 0 Å². The highest BCUT2D eigenvalue weighted by atomic mass is 35.5. The maximum Gasteiger partial charge on any atom is 0.252 e. The molecule has 1 unspecified atom stereocenters. The van der Waals surface area contributed by atoms with Gasteiger partial charge in [0, 0.05) is 53.5 Å². The lowest BCUT2D eigenvalue weighted by Crippen LogP contribution is -2.34. The number of nitrogens with zero attached hydrogens (tertiary/aromatic N) is 1. The topological polar surface area (TPSA) is 116 Å². The van der Waals surface area contributed by atoms with E-state index in [1.54, 1.807) is 42.5 Å². The first-order chi connectivity index (χ1) is 18.8. The van der Waals surface area contributed by atoms with Crippen LogP contribution in [0.5, 0.6) is 5.75 Å². The summed E-state index contributed by atoms with van der Waals surface area (Å²) in [6, 6.07) is 11.6. The van der Waals surface area contributed by atoms with E-state index >= 15 is 0 Å². The minimum Gasteiger partial charge on any atom is -0.495 e. The fraction of sp³-hybridized carbons (Fsp3) is 0.333. The average Bonchev–Trinajstić information content (AvgIpc) is 2.90. The lowest BCUT2D eigenvalue weighted by molar-refractivity contribution is -0.120. The third-order valence-corrected chi connectivity index (χ3v) is 6.36. The van der Waals surface area contributed by atoms with Gasteiger partial charge >= 0.3 is 0 Å². The van der Waals surface area contributed by atoms with Crippen molar-refractivity contribution in [3.05, 3.63) is 81.2 Å². The highest BCUT2D eigenvalue weighted by molar-refractivity contribution is 6.31.